The van der Waals surface area contributed by atoms with Crippen LogP contribution in [-0.4, -0.2) is 3.21 Å². The molecular weight excluding hydrogens is 414 g/mol. The largest absolute Gasteiger partial charge is 1.00 e. The van der Waals surface area contributed by atoms with Gasteiger partial charge in [-0.1, -0.05) is 0 Å². The summed E-state index contributed by atoms with van der Waals surface area (Å²) in [4.78, 5) is 0. The van der Waals surface area contributed by atoms with Gasteiger partial charge in [-0.25, -0.2) is 0 Å². The Morgan fingerprint density at radius 1 is 0.875 bits per heavy atom. The van der Waals surface area contributed by atoms with Crippen molar-refractivity contribution in [3.63, 3.8) is 0 Å². The zero-order chi connectivity index (χ0) is 15.1. The van der Waals surface area contributed by atoms with E-state index in [-0.39, 0.29) is 24.8 Å². The smallest absolute Gasteiger partial charge is 1.00 e. The molecule has 0 nitrogen and oxygen atoms in total. The molecule has 3 heteroatoms. The van der Waals surface area contributed by atoms with E-state index in [2.05, 4.69) is 80.6 Å². The summed E-state index contributed by atoms with van der Waals surface area (Å²) in [5.41, 5.74) is 6.05. The van der Waals surface area contributed by atoms with Crippen molar-refractivity contribution >= 4 is 6.48 Å². The molecule has 0 heterocycles. The number of halogens is 2. The zero-order valence-electron chi connectivity index (χ0n) is 13.9. The number of hydrogen-bond acceptors (Lipinski definition) is 0. The number of allylic oxidation sites excluding steroid dienone is 4. The summed E-state index contributed by atoms with van der Waals surface area (Å²) in [7, 11) is 0. The molecule has 0 N–H and O–H groups in total. The predicted octanol–water partition coefficient (Wildman–Crippen LogP) is -1.36. The maximum atomic E-state index is 2.42. The van der Waals surface area contributed by atoms with Gasteiger partial charge in [-0.15, -0.1) is 0 Å². The van der Waals surface area contributed by atoms with Crippen LogP contribution >= 0.6 is 0 Å². The molecule has 0 bridgehead atoms. The molecule has 0 saturated heterocycles. The van der Waals surface area contributed by atoms with Gasteiger partial charge < -0.3 is 24.8 Å². The van der Waals surface area contributed by atoms with Gasteiger partial charge in [-0.05, 0) is 0 Å². The Morgan fingerprint density at radius 2 is 1.54 bits per heavy atom. The Morgan fingerprint density at radius 3 is 2.25 bits per heavy atom. The molecule has 122 valence electrons. The molecule has 2 aromatic rings. The van der Waals surface area contributed by atoms with Crippen LogP contribution in [0.15, 0.2) is 66.8 Å². The van der Waals surface area contributed by atoms with Gasteiger partial charge in [-0.2, -0.15) is 0 Å². The van der Waals surface area contributed by atoms with E-state index in [1.807, 2.05) is 0 Å². The molecule has 0 aliphatic heterocycles. The molecular formula is C21H20Cl2Zr. The van der Waals surface area contributed by atoms with Crippen LogP contribution in [0.25, 0.3) is 11.1 Å². The molecule has 2 aromatic carbocycles. The third-order valence-corrected chi connectivity index (χ3v) is 12.6. The van der Waals surface area contributed by atoms with Crippen molar-refractivity contribution in [3.05, 3.63) is 77.9 Å². The Balaban J connectivity index is 0.00000104. The maximum Gasteiger partial charge on any atom is -1.00 e. The van der Waals surface area contributed by atoms with Crippen LogP contribution in [0.4, 0.5) is 0 Å². The molecule has 0 amide bonds. The van der Waals surface area contributed by atoms with Gasteiger partial charge in [-0.3, -0.25) is 0 Å². The van der Waals surface area contributed by atoms with Crippen LogP contribution in [0.5, 0.6) is 0 Å². The average Bonchev–Trinajstić information content (AvgIpc) is 3.15. The van der Waals surface area contributed by atoms with Crippen molar-refractivity contribution in [1.29, 1.82) is 0 Å². The van der Waals surface area contributed by atoms with Crippen LogP contribution in [0.2, 0.25) is 3.63 Å². The van der Waals surface area contributed by atoms with E-state index >= 15 is 0 Å². The van der Waals surface area contributed by atoms with E-state index in [0.717, 1.165) is 6.42 Å². The minimum Gasteiger partial charge on any atom is -1.00 e. The van der Waals surface area contributed by atoms with E-state index in [1.54, 1.807) is 12.0 Å². The minimum atomic E-state index is -1.83. The molecule has 2 aliphatic carbocycles. The first-order valence-corrected chi connectivity index (χ1v) is 11.9. The maximum absolute atomic E-state index is 2.42. The van der Waals surface area contributed by atoms with Crippen molar-refractivity contribution in [3.8, 4) is 11.1 Å². The van der Waals surface area contributed by atoms with Gasteiger partial charge in [0.2, 0.25) is 0 Å². The second-order valence-electron chi connectivity index (χ2n) is 6.37. The normalized spacial score (nSPS) is 13.4. The first-order valence-electron chi connectivity index (χ1n) is 7.98. The molecule has 0 spiro atoms. The summed E-state index contributed by atoms with van der Waals surface area (Å²) in [5, 5.41) is 0. The fourth-order valence-corrected chi connectivity index (χ4v) is 11.2. The van der Waals surface area contributed by atoms with E-state index in [1.165, 1.54) is 16.7 Å². The average molecular weight is 435 g/mol. The summed E-state index contributed by atoms with van der Waals surface area (Å²) < 4.78 is 4.09. The Hall–Kier alpha value is -0.747. The first kappa shape index (κ1) is 19.6. The molecule has 0 atom stereocenters. The fraction of sp³-hybridized carbons (Fsp3) is 0.190. The van der Waals surface area contributed by atoms with Crippen molar-refractivity contribution in [2.45, 2.75) is 23.9 Å². The SMILES string of the molecule is C[C](C)=[Zr+2]([c]1cccc2c1Cc1ccccc1-2)[CH]1C=CC=C1.[Cl-].[Cl-]. The van der Waals surface area contributed by atoms with E-state index in [9.17, 15) is 0 Å². The van der Waals surface area contributed by atoms with E-state index in [4.69, 9.17) is 0 Å². The summed E-state index contributed by atoms with van der Waals surface area (Å²) in [6, 6.07) is 15.9. The van der Waals surface area contributed by atoms with Crippen molar-refractivity contribution in [2.24, 2.45) is 0 Å². The molecule has 2 aliphatic rings. The van der Waals surface area contributed by atoms with E-state index < -0.39 is 21.3 Å². The molecule has 0 radical (unpaired) electrons. The second kappa shape index (κ2) is 8.09. The van der Waals surface area contributed by atoms with Crippen molar-refractivity contribution in [2.75, 3.05) is 0 Å². The van der Waals surface area contributed by atoms with Crippen LogP contribution in [0, 0.1) is 0 Å². The first-order chi connectivity index (χ1) is 10.8. The van der Waals surface area contributed by atoms with Gasteiger partial charge in [0.05, 0.1) is 0 Å². The van der Waals surface area contributed by atoms with Crippen molar-refractivity contribution < 1.29 is 46.1 Å². The van der Waals surface area contributed by atoms with Gasteiger partial charge in [0, 0.05) is 0 Å². The van der Waals surface area contributed by atoms with Gasteiger partial charge >= 0.3 is 141 Å². The third kappa shape index (κ3) is 3.32. The summed E-state index contributed by atoms with van der Waals surface area (Å²) in [6.07, 6.45) is 10.4. The quantitative estimate of drug-likeness (QED) is 0.467. The molecule has 24 heavy (non-hydrogen) atoms. The van der Waals surface area contributed by atoms with Crippen LogP contribution in [0.3, 0.4) is 0 Å². The Bertz CT molecular complexity index is 831. The zero-order valence-corrected chi connectivity index (χ0v) is 17.9. The van der Waals surface area contributed by atoms with Gasteiger partial charge in [0.25, 0.3) is 0 Å². The van der Waals surface area contributed by atoms with Crippen LogP contribution < -0.4 is 28.1 Å². The summed E-state index contributed by atoms with van der Waals surface area (Å²) in [5.74, 6) is 0. The second-order valence-corrected chi connectivity index (χ2v) is 13.8. The van der Waals surface area contributed by atoms with Crippen LogP contribution in [0.1, 0.15) is 25.0 Å². The van der Waals surface area contributed by atoms with Crippen LogP contribution in [-0.2, 0) is 27.7 Å². The molecule has 0 saturated carbocycles. The Kier molecular flexibility index (Phi) is 6.60. The molecule has 0 unspecified atom stereocenters. The third-order valence-electron chi connectivity index (χ3n) is 4.76. The standard InChI is InChI=1S/C13H9.C5H5.C3H6.2ClH.Zr/c1-3-7-12-10(5-1)9-11-6-2-4-8-13(11)12;1-2-4-5-3-1;1-3-2;;;/h1-5,7-8H,9H2;1-5H;1-2H3;2*1H;/q;;;;;+2/p-2. The number of fused-ring (bicyclic) bond motifs is 3. The van der Waals surface area contributed by atoms with Gasteiger partial charge in [0.15, 0.2) is 0 Å². The number of hydrogen-bond donors (Lipinski definition) is 0. The number of rotatable bonds is 2. The topological polar surface area (TPSA) is 0 Å². The number of benzene rings is 2. The van der Waals surface area contributed by atoms with Crippen molar-refractivity contribution in [1.82, 2.24) is 0 Å². The van der Waals surface area contributed by atoms with Gasteiger partial charge in [0.1, 0.15) is 0 Å². The summed E-state index contributed by atoms with van der Waals surface area (Å²) in [6.45, 7) is 4.71. The van der Waals surface area contributed by atoms with E-state index in [0.29, 0.717) is 3.63 Å². The predicted molar refractivity (Wildman–Crippen MR) is 92.7 cm³/mol. The molecule has 4 rings (SSSR count). The Labute approximate surface area is 164 Å². The monoisotopic (exact) mass is 432 g/mol. The summed E-state index contributed by atoms with van der Waals surface area (Å²) >= 11 is -1.83. The molecule has 0 aromatic heterocycles. The molecule has 0 fully saturated rings. The fourth-order valence-electron chi connectivity index (χ4n) is 3.82. The minimum absolute atomic E-state index is 0.